The molecule has 0 spiro atoms. The first-order valence-electron chi connectivity index (χ1n) is 9.05. The van der Waals surface area contributed by atoms with Gasteiger partial charge in [-0.25, -0.2) is 4.39 Å². The molecule has 0 N–H and O–H groups in total. The van der Waals surface area contributed by atoms with Gasteiger partial charge in [0.15, 0.2) is 0 Å². The fourth-order valence-electron chi connectivity index (χ4n) is 3.73. The molecule has 1 aromatic carbocycles. The van der Waals surface area contributed by atoms with Crippen LogP contribution in [0.1, 0.15) is 24.5 Å². The Morgan fingerprint density at radius 1 is 1.12 bits per heavy atom. The lowest BCUT2D eigenvalue weighted by Crippen LogP contribution is -2.44. The summed E-state index contributed by atoms with van der Waals surface area (Å²) in [5, 5.41) is 0. The lowest BCUT2D eigenvalue weighted by Gasteiger charge is -2.38. The van der Waals surface area contributed by atoms with Gasteiger partial charge < -0.3 is 14.4 Å². The van der Waals surface area contributed by atoms with Gasteiger partial charge in [-0.2, -0.15) is 0 Å². The van der Waals surface area contributed by atoms with Gasteiger partial charge in [-0.05, 0) is 49.5 Å². The molecule has 1 atom stereocenters. The van der Waals surface area contributed by atoms with Crippen molar-refractivity contribution >= 4 is 0 Å². The van der Waals surface area contributed by atoms with Gasteiger partial charge in [0.2, 0.25) is 0 Å². The molecule has 5 heteroatoms. The molecular formula is C19H29FN2O2. The van der Waals surface area contributed by atoms with Crippen molar-refractivity contribution in [3.8, 4) is 0 Å². The Labute approximate surface area is 144 Å². The molecule has 0 unspecified atom stereocenters. The zero-order valence-electron chi connectivity index (χ0n) is 14.6. The van der Waals surface area contributed by atoms with Crippen LogP contribution in [0, 0.1) is 11.7 Å². The second-order valence-corrected chi connectivity index (χ2v) is 6.95. The highest BCUT2D eigenvalue weighted by Gasteiger charge is 2.26. The van der Waals surface area contributed by atoms with Gasteiger partial charge in [0.25, 0.3) is 0 Å². The van der Waals surface area contributed by atoms with Crippen LogP contribution in [0.25, 0.3) is 0 Å². The first-order valence-corrected chi connectivity index (χ1v) is 9.05. The van der Waals surface area contributed by atoms with Crippen molar-refractivity contribution in [1.82, 2.24) is 9.80 Å². The zero-order valence-corrected chi connectivity index (χ0v) is 14.6. The summed E-state index contributed by atoms with van der Waals surface area (Å²) in [6.45, 7) is 8.06. The average molecular weight is 336 g/mol. The van der Waals surface area contributed by atoms with Crippen molar-refractivity contribution in [2.75, 3.05) is 59.6 Å². The molecule has 1 aromatic rings. The predicted octanol–water partition coefficient (Wildman–Crippen LogP) is 2.56. The van der Waals surface area contributed by atoms with Gasteiger partial charge in [-0.15, -0.1) is 0 Å². The van der Waals surface area contributed by atoms with Crippen LogP contribution in [0.5, 0.6) is 0 Å². The molecule has 2 aliphatic rings. The summed E-state index contributed by atoms with van der Waals surface area (Å²) in [7, 11) is 1.77. The van der Waals surface area contributed by atoms with Gasteiger partial charge in [-0.1, -0.05) is 12.1 Å². The highest BCUT2D eigenvalue weighted by Crippen LogP contribution is 2.25. The molecule has 2 saturated heterocycles. The van der Waals surface area contributed by atoms with Crippen LogP contribution in [0.4, 0.5) is 4.39 Å². The van der Waals surface area contributed by atoms with Gasteiger partial charge >= 0.3 is 0 Å². The van der Waals surface area contributed by atoms with E-state index in [1.54, 1.807) is 7.11 Å². The number of rotatable bonds is 6. The van der Waals surface area contributed by atoms with Gasteiger partial charge in [-0.3, -0.25) is 4.90 Å². The zero-order chi connectivity index (χ0) is 16.8. The SMILES string of the molecule is COCCN1CCC(CN2CCO[C@H](c3ccc(F)cc3)C2)CC1. The van der Waals surface area contributed by atoms with E-state index in [9.17, 15) is 4.39 Å². The highest BCUT2D eigenvalue weighted by molar-refractivity contribution is 5.19. The van der Waals surface area contributed by atoms with E-state index in [1.165, 1.54) is 38.1 Å². The van der Waals surface area contributed by atoms with Crippen molar-refractivity contribution in [1.29, 1.82) is 0 Å². The minimum Gasteiger partial charge on any atom is -0.383 e. The van der Waals surface area contributed by atoms with Crippen molar-refractivity contribution in [2.45, 2.75) is 18.9 Å². The molecule has 2 aliphatic heterocycles. The Morgan fingerprint density at radius 3 is 2.58 bits per heavy atom. The van der Waals surface area contributed by atoms with Gasteiger partial charge in [0, 0.05) is 33.3 Å². The summed E-state index contributed by atoms with van der Waals surface area (Å²) in [6.07, 6.45) is 2.60. The summed E-state index contributed by atoms with van der Waals surface area (Å²) >= 11 is 0. The summed E-state index contributed by atoms with van der Waals surface area (Å²) in [6, 6.07) is 6.73. The molecule has 2 fully saturated rings. The third-order valence-electron chi connectivity index (χ3n) is 5.23. The molecule has 0 bridgehead atoms. The van der Waals surface area contributed by atoms with Crippen LogP contribution in [-0.4, -0.2) is 69.4 Å². The van der Waals surface area contributed by atoms with Crippen LogP contribution < -0.4 is 0 Å². The lowest BCUT2D eigenvalue weighted by atomic mass is 9.95. The number of morpholine rings is 1. The molecule has 2 heterocycles. The van der Waals surface area contributed by atoms with E-state index in [2.05, 4.69) is 9.80 Å². The fourth-order valence-corrected chi connectivity index (χ4v) is 3.73. The number of hydrogen-bond acceptors (Lipinski definition) is 4. The van der Waals surface area contributed by atoms with E-state index in [0.29, 0.717) is 0 Å². The third kappa shape index (κ3) is 4.99. The van der Waals surface area contributed by atoms with Crippen LogP contribution in [0.3, 0.4) is 0 Å². The summed E-state index contributed by atoms with van der Waals surface area (Å²) < 4.78 is 24.2. The van der Waals surface area contributed by atoms with Gasteiger partial charge in [0.05, 0.1) is 19.3 Å². The third-order valence-corrected chi connectivity index (χ3v) is 5.23. The molecule has 134 valence electrons. The molecule has 24 heavy (non-hydrogen) atoms. The summed E-state index contributed by atoms with van der Waals surface area (Å²) in [5.74, 6) is 0.586. The van der Waals surface area contributed by atoms with Crippen LogP contribution in [0.2, 0.25) is 0 Å². The fraction of sp³-hybridized carbons (Fsp3) is 0.684. The number of ether oxygens (including phenoxy) is 2. The van der Waals surface area contributed by atoms with Crippen molar-refractivity contribution < 1.29 is 13.9 Å². The van der Waals surface area contributed by atoms with Crippen molar-refractivity contribution in [2.24, 2.45) is 5.92 Å². The first-order chi connectivity index (χ1) is 11.7. The minimum absolute atomic E-state index is 0.0705. The Bertz CT molecular complexity index is 489. The molecule has 0 aromatic heterocycles. The minimum atomic E-state index is -0.188. The molecule has 0 saturated carbocycles. The lowest BCUT2D eigenvalue weighted by molar-refractivity contribution is -0.0374. The maximum atomic E-state index is 13.1. The number of methoxy groups -OCH3 is 1. The molecule has 0 aliphatic carbocycles. The standard InChI is InChI=1S/C19H29FN2O2/c1-23-12-10-21-8-6-16(7-9-21)14-22-11-13-24-19(15-22)17-2-4-18(20)5-3-17/h2-5,16,19H,6-15H2,1H3/t19-/m0/s1. The molecule has 0 amide bonds. The van der Waals surface area contributed by atoms with Crippen molar-refractivity contribution in [3.63, 3.8) is 0 Å². The summed E-state index contributed by atoms with van der Waals surface area (Å²) in [4.78, 5) is 5.02. The van der Waals surface area contributed by atoms with Crippen LogP contribution in [0.15, 0.2) is 24.3 Å². The van der Waals surface area contributed by atoms with E-state index in [4.69, 9.17) is 9.47 Å². The quantitative estimate of drug-likeness (QED) is 0.797. The summed E-state index contributed by atoms with van der Waals surface area (Å²) in [5.41, 5.74) is 1.08. The second kappa shape index (κ2) is 8.90. The molecule has 0 radical (unpaired) electrons. The maximum absolute atomic E-state index is 13.1. The molecule has 4 nitrogen and oxygen atoms in total. The largest absolute Gasteiger partial charge is 0.383 e. The van der Waals surface area contributed by atoms with E-state index < -0.39 is 0 Å². The van der Waals surface area contributed by atoms with E-state index >= 15 is 0 Å². The molecular weight excluding hydrogens is 307 g/mol. The average Bonchev–Trinajstić information content (AvgIpc) is 2.62. The number of piperidine rings is 1. The predicted molar refractivity (Wildman–Crippen MR) is 92.6 cm³/mol. The molecule has 3 rings (SSSR count). The Balaban J connectivity index is 1.45. The maximum Gasteiger partial charge on any atom is 0.123 e. The number of nitrogens with zero attached hydrogens (tertiary/aromatic N) is 2. The smallest absolute Gasteiger partial charge is 0.123 e. The first kappa shape index (κ1) is 17.8. The number of likely N-dealkylation sites (tertiary alicyclic amines) is 1. The number of benzene rings is 1. The Hall–Kier alpha value is -1.01. The second-order valence-electron chi connectivity index (χ2n) is 6.95. The van der Waals surface area contributed by atoms with Gasteiger partial charge in [0.1, 0.15) is 5.82 Å². The Kier molecular flexibility index (Phi) is 6.60. The normalized spacial score (nSPS) is 24.3. The Morgan fingerprint density at radius 2 is 1.88 bits per heavy atom. The highest BCUT2D eigenvalue weighted by atomic mass is 19.1. The van der Waals surface area contributed by atoms with E-state index in [0.717, 1.165) is 50.9 Å². The van der Waals surface area contributed by atoms with Crippen LogP contribution in [-0.2, 0) is 9.47 Å². The number of hydrogen-bond donors (Lipinski definition) is 0. The number of halogens is 1. The monoisotopic (exact) mass is 336 g/mol. The van der Waals surface area contributed by atoms with Crippen LogP contribution >= 0.6 is 0 Å². The van der Waals surface area contributed by atoms with E-state index in [-0.39, 0.29) is 11.9 Å². The topological polar surface area (TPSA) is 24.9 Å². The van der Waals surface area contributed by atoms with Crippen molar-refractivity contribution in [3.05, 3.63) is 35.6 Å². The van der Waals surface area contributed by atoms with E-state index in [1.807, 2.05) is 12.1 Å².